The molecule has 25 heavy (non-hydrogen) atoms. The number of nitrogens with zero attached hydrogens (tertiary/aromatic N) is 3. The van der Waals surface area contributed by atoms with E-state index in [0.717, 1.165) is 21.1 Å². The number of carbonyl (C=O) groups is 1. The molecule has 6 nitrogen and oxygen atoms in total. The smallest absolute Gasteiger partial charge is 0.277 e. The van der Waals surface area contributed by atoms with Gasteiger partial charge in [-0.1, -0.05) is 35.5 Å². The monoisotopic (exact) mass is 394 g/mol. The lowest BCUT2D eigenvalue weighted by atomic mass is 10.2. The summed E-state index contributed by atoms with van der Waals surface area (Å²) in [6.07, 6.45) is 0. The van der Waals surface area contributed by atoms with Crippen LogP contribution in [0.2, 0.25) is 5.02 Å². The molecule has 0 saturated heterocycles. The Labute approximate surface area is 158 Å². The first kappa shape index (κ1) is 17.9. The molecule has 2 aromatic heterocycles. The van der Waals surface area contributed by atoms with Crippen molar-refractivity contribution < 1.29 is 9.21 Å². The minimum Gasteiger partial charge on any atom is -0.410 e. The summed E-state index contributed by atoms with van der Waals surface area (Å²) in [5.74, 6) is 0.535. The summed E-state index contributed by atoms with van der Waals surface area (Å²) in [5, 5.41) is 12.8. The van der Waals surface area contributed by atoms with E-state index in [2.05, 4.69) is 20.5 Å². The van der Waals surface area contributed by atoms with E-state index in [9.17, 15) is 4.79 Å². The molecule has 0 aliphatic carbocycles. The van der Waals surface area contributed by atoms with Gasteiger partial charge in [-0.2, -0.15) is 0 Å². The van der Waals surface area contributed by atoms with Crippen LogP contribution in [0.1, 0.15) is 16.3 Å². The molecular weight excluding hydrogens is 380 g/mol. The third-order valence-corrected chi connectivity index (χ3v) is 5.37. The standard InChI is InChI=1S/C16H15ClN4O2S2/c1-9-14(25-10(2)19-9)15-20-21-16(23-15)24-8-13(22)18-7-11-3-5-12(17)6-4-11/h3-6H,7-8H2,1-2H3,(H,18,22). The molecule has 0 aliphatic rings. The van der Waals surface area contributed by atoms with Gasteiger partial charge in [0, 0.05) is 11.6 Å². The lowest BCUT2D eigenvalue weighted by Crippen LogP contribution is -2.24. The lowest BCUT2D eigenvalue weighted by Gasteiger charge is -2.04. The van der Waals surface area contributed by atoms with Gasteiger partial charge in [0.15, 0.2) is 0 Å². The molecule has 3 rings (SSSR count). The molecule has 0 aliphatic heterocycles. The zero-order valence-corrected chi connectivity index (χ0v) is 16.0. The summed E-state index contributed by atoms with van der Waals surface area (Å²) in [7, 11) is 0. The quantitative estimate of drug-likeness (QED) is 0.639. The lowest BCUT2D eigenvalue weighted by molar-refractivity contribution is -0.118. The van der Waals surface area contributed by atoms with Crippen LogP contribution in [0.3, 0.4) is 0 Å². The van der Waals surface area contributed by atoms with Crippen LogP contribution in [0.15, 0.2) is 33.9 Å². The second kappa shape index (κ2) is 7.99. The molecule has 0 atom stereocenters. The Morgan fingerprint density at radius 2 is 2.04 bits per heavy atom. The van der Waals surface area contributed by atoms with Crippen LogP contribution in [0.4, 0.5) is 0 Å². The molecule has 0 saturated carbocycles. The van der Waals surface area contributed by atoms with Crippen molar-refractivity contribution in [3.8, 4) is 10.8 Å². The number of amides is 1. The fraction of sp³-hybridized carbons (Fsp3) is 0.250. The van der Waals surface area contributed by atoms with Crippen molar-refractivity contribution in [2.24, 2.45) is 0 Å². The molecule has 2 heterocycles. The summed E-state index contributed by atoms with van der Waals surface area (Å²) in [4.78, 5) is 17.1. The fourth-order valence-electron chi connectivity index (χ4n) is 2.07. The minimum absolute atomic E-state index is 0.107. The van der Waals surface area contributed by atoms with Crippen molar-refractivity contribution in [1.82, 2.24) is 20.5 Å². The molecule has 0 unspecified atom stereocenters. The van der Waals surface area contributed by atoms with Crippen molar-refractivity contribution in [3.05, 3.63) is 45.6 Å². The van der Waals surface area contributed by atoms with E-state index in [4.69, 9.17) is 16.0 Å². The number of halogens is 1. The Morgan fingerprint density at radius 1 is 1.28 bits per heavy atom. The second-order valence-corrected chi connectivity index (χ2v) is 7.78. The van der Waals surface area contributed by atoms with Crippen LogP contribution in [0.25, 0.3) is 10.8 Å². The molecule has 1 amide bonds. The third-order valence-electron chi connectivity index (χ3n) is 3.23. The second-order valence-electron chi connectivity index (χ2n) is 5.21. The van der Waals surface area contributed by atoms with E-state index in [1.807, 2.05) is 26.0 Å². The van der Waals surface area contributed by atoms with Gasteiger partial charge in [-0.05, 0) is 31.5 Å². The Hall–Kier alpha value is -1.90. The van der Waals surface area contributed by atoms with Crippen LogP contribution < -0.4 is 5.32 Å². The van der Waals surface area contributed by atoms with E-state index in [0.29, 0.717) is 22.7 Å². The van der Waals surface area contributed by atoms with Crippen LogP contribution >= 0.6 is 34.7 Å². The van der Waals surface area contributed by atoms with Gasteiger partial charge in [-0.3, -0.25) is 4.79 Å². The summed E-state index contributed by atoms with van der Waals surface area (Å²) in [6.45, 7) is 4.28. The maximum absolute atomic E-state index is 11.9. The SMILES string of the molecule is Cc1nc(C)c(-c2nnc(SCC(=O)NCc3ccc(Cl)cc3)o2)s1. The minimum atomic E-state index is -0.107. The van der Waals surface area contributed by atoms with Gasteiger partial charge in [0.05, 0.1) is 16.5 Å². The first-order chi connectivity index (χ1) is 12.0. The van der Waals surface area contributed by atoms with Crippen molar-refractivity contribution in [3.63, 3.8) is 0 Å². The van der Waals surface area contributed by atoms with E-state index >= 15 is 0 Å². The van der Waals surface area contributed by atoms with Crippen LogP contribution in [0, 0.1) is 13.8 Å². The highest BCUT2D eigenvalue weighted by Gasteiger charge is 2.15. The Bertz CT molecular complexity index is 877. The third kappa shape index (κ3) is 4.81. The summed E-state index contributed by atoms with van der Waals surface area (Å²) in [6, 6.07) is 7.33. The molecule has 9 heteroatoms. The molecular formula is C16H15ClN4O2S2. The summed E-state index contributed by atoms with van der Waals surface area (Å²) < 4.78 is 5.61. The van der Waals surface area contributed by atoms with Crippen LogP contribution in [-0.2, 0) is 11.3 Å². The van der Waals surface area contributed by atoms with E-state index in [1.54, 1.807) is 12.1 Å². The number of thiazole rings is 1. The van der Waals surface area contributed by atoms with Gasteiger partial charge in [-0.25, -0.2) is 4.98 Å². The molecule has 0 fully saturated rings. The highest BCUT2D eigenvalue weighted by molar-refractivity contribution is 7.99. The molecule has 3 aromatic rings. The largest absolute Gasteiger partial charge is 0.410 e. The molecule has 0 radical (unpaired) electrons. The maximum Gasteiger partial charge on any atom is 0.277 e. The van der Waals surface area contributed by atoms with E-state index in [-0.39, 0.29) is 11.7 Å². The highest BCUT2D eigenvalue weighted by atomic mass is 35.5. The number of thioether (sulfide) groups is 1. The normalized spacial score (nSPS) is 10.8. The highest BCUT2D eigenvalue weighted by Crippen LogP contribution is 2.30. The van der Waals surface area contributed by atoms with Crippen LogP contribution in [0.5, 0.6) is 0 Å². The first-order valence-corrected chi connectivity index (χ1v) is 9.61. The maximum atomic E-state index is 11.9. The van der Waals surface area contributed by atoms with Crippen molar-refractivity contribution in [1.29, 1.82) is 0 Å². The van der Waals surface area contributed by atoms with Crippen molar-refractivity contribution in [2.45, 2.75) is 25.6 Å². The van der Waals surface area contributed by atoms with Gasteiger partial charge >= 0.3 is 0 Å². The molecule has 1 N–H and O–H groups in total. The topological polar surface area (TPSA) is 80.9 Å². The average molecular weight is 395 g/mol. The fourth-order valence-corrected chi connectivity index (χ4v) is 3.63. The molecule has 0 spiro atoms. The van der Waals surface area contributed by atoms with Crippen molar-refractivity contribution in [2.75, 3.05) is 5.75 Å². The zero-order chi connectivity index (χ0) is 17.8. The predicted octanol–water partition coefficient (Wildman–Crippen LogP) is 3.87. The molecule has 130 valence electrons. The van der Waals surface area contributed by atoms with Gasteiger partial charge in [0.25, 0.3) is 11.1 Å². The van der Waals surface area contributed by atoms with E-state index < -0.39 is 0 Å². The number of hydrogen-bond donors (Lipinski definition) is 1. The number of rotatable bonds is 6. The van der Waals surface area contributed by atoms with Gasteiger partial charge < -0.3 is 9.73 Å². The van der Waals surface area contributed by atoms with Crippen LogP contribution in [-0.4, -0.2) is 26.8 Å². The average Bonchev–Trinajstić information content (AvgIpc) is 3.18. The number of hydrogen-bond acceptors (Lipinski definition) is 7. The summed E-state index contributed by atoms with van der Waals surface area (Å²) >= 11 is 8.54. The Kier molecular flexibility index (Phi) is 5.72. The molecule has 1 aromatic carbocycles. The number of aryl methyl sites for hydroxylation is 2. The van der Waals surface area contributed by atoms with Gasteiger partial charge in [0.1, 0.15) is 4.88 Å². The number of aromatic nitrogens is 3. The molecule has 0 bridgehead atoms. The van der Waals surface area contributed by atoms with Gasteiger partial charge in [-0.15, -0.1) is 21.5 Å². The predicted molar refractivity (Wildman–Crippen MR) is 98.9 cm³/mol. The summed E-state index contributed by atoms with van der Waals surface area (Å²) in [5.41, 5.74) is 1.85. The van der Waals surface area contributed by atoms with E-state index in [1.165, 1.54) is 23.1 Å². The van der Waals surface area contributed by atoms with Gasteiger partial charge in [0.2, 0.25) is 5.91 Å². The first-order valence-electron chi connectivity index (χ1n) is 7.43. The number of nitrogens with one attached hydrogen (secondary N) is 1. The number of carbonyl (C=O) groups excluding carboxylic acids is 1. The Balaban J connectivity index is 1.51. The zero-order valence-electron chi connectivity index (χ0n) is 13.6. The Morgan fingerprint density at radius 3 is 2.72 bits per heavy atom. The van der Waals surface area contributed by atoms with Crippen molar-refractivity contribution >= 4 is 40.6 Å². The number of benzene rings is 1.